The molecule has 1 aliphatic heterocycles. The summed E-state index contributed by atoms with van der Waals surface area (Å²) in [6, 6.07) is 15.5. The van der Waals surface area contributed by atoms with Gasteiger partial charge >= 0.3 is 5.97 Å². The SMILES string of the molecule is CCc1cc(CCC(=O)O)c(/C=C2\C(=O)Nc3ccc(S(=O)(=O)Cc4ccccc4)cc32)[nH]1. The molecule has 0 spiro atoms. The number of aryl methyl sites for hydroxylation is 2. The van der Waals surface area contributed by atoms with E-state index in [0.29, 0.717) is 34.5 Å². The van der Waals surface area contributed by atoms with Crippen LogP contribution in [0.15, 0.2) is 59.5 Å². The van der Waals surface area contributed by atoms with Crippen LogP contribution in [0.3, 0.4) is 0 Å². The number of hydrogen-bond donors (Lipinski definition) is 3. The third kappa shape index (κ3) is 4.90. The Morgan fingerprint density at radius 2 is 1.85 bits per heavy atom. The molecule has 2 aromatic carbocycles. The highest BCUT2D eigenvalue weighted by molar-refractivity contribution is 7.90. The summed E-state index contributed by atoms with van der Waals surface area (Å²) < 4.78 is 26.0. The van der Waals surface area contributed by atoms with Crippen molar-refractivity contribution >= 4 is 39.1 Å². The van der Waals surface area contributed by atoms with Crippen LogP contribution < -0.4 is 5.32 Å². The smallest absolute Gasteiger partial charge is 0.303 e. The van der Waals surface area contributed by atoms with Crippen molar-refractivity contribution in [1.29, 1.82) is 0 Å². The first-order valence-electron chi connectivity index (χ1n) is 10.6. The van der Waals surface area contributed by atoms with Crippen LogP contribution in [0.5, 0.6) is 0 Å². The van der Waals surface area contributed by atoms with E-state index < -0.39 is 15.8 Å². The van der Waals surface area contributed by atoms with E-state index in [4.69, 9.17) is 5.11 Å². The van der Waals surface area contributed by atoms with Crippen LogP contribution in [0.4, 0.5) is 5.69 Å². The number of sulfone groups is 1. The summed E-state index contributed by atoms with van der Waals surface area (Å²) in [7, 11) is -3.61. The molecule has 170 valence electrons. The summed E-state index contributed by atoms with van der Waals surface area (Å²) in [5, 5.41) is 11.8. The Kier molecular flexibility index (Phi) is 6.20. The van der Waals surface area contributed by atoms with Gasteiger partial charge < -0.3 is 15.4 Å². The van der Waals surface area contributed by atoms with Crippen LogP contribution in [0.25, 0.3) is 11.6 Å². The van der Waals surface area contributed by atoms with Crippen LogP contribution in [0.1, 0.15) is 41.4 Å². The molecule has 1 aromatic heterocycles. The number of aliphatic carboxylic acids is 1. The maximum atomic E-state index is 13.0. The fourth-order valence-electron chi connectivity index (χ4n) is 3.87. The van der Waals surface area contributed by atoms with Crippen LogP contribution in [0.2, 0.25) is 0 Å². The predicted octanol–water partition coefficient (Wildman–Crippen LogP) is 4.06. The molecular weight excluding hydrogens is 440 g/mol. The normalized spacial score (nSPS) is 14.3. The lowest BCUT2D eigenvalue weighted by atomic mass is 10.0. The van der Waals surface area contributed by atoms with Crippen molar-refractivity contribution in [3.05, 3.63) is 82.7 Å². The molecule has 1 amide bonds. The molecule has 8 heteroatoms. The van der Waals surface area contributed by atoms with Gasteiger partial charge in [-0.3, -0.25) is 9.59 Å². The van der Waals surface area contributed by atoms with Gasteiger partial charge in [-0.15, -0.1) is 0 Å². The molecule has 0 saturated heterocycles. The highest BCUT2D eigenvalue weighted by Crippen LogP contribution is 2.36. The molecule has 3 aromatic rings. The Morgan fingerprint density at radius 3 is 2.55 bits per heavy atom. The summed E-state index contributed by atoms with van der Waals surface area (Å²) in [6.07, 6.45) is 2.70. The van der Waals surface area contributed by atoms with E-state index >= 15 is 0 Å². The predicted molar refractivity (Wildman–Crippen MR) is 126 cm³/mol. The maximum absolute atomic E-state index is 13.0. The molecule has 0 fully saturated rings. The second-order valence-corrected chi connectivity index (χ2v) is 9.93. The van der Waals surface area contributed by atoms with Gasteiger partial charge in [0.05, 0.1) is 16.2 Å². The number of carboxylic acid groups (broad SMARTS) is 1. The van der Waals surface area contributed by atoms with Crippen LogP contribution >= 0.6 is 0 Å². The van der Waals surface area contributed by atoms with Gasteiger partial charge in [0.2, 0.25) is 0 Å². The van der Waals surface area contributed by atoms with E-state index in [0.717, 1.165) is 17.7 Å². The van der Waals surface area contributed by atoms with Gasteiger partial charge in [-0.2, -0.15) is 0 Å². The third-order valence-corrected chi connectivity index (χ3v) is 7.29. The second kappa shape index (κ2) is 9.07. The van der Waals surface area contributed by atoms with Gasteiger partial charge in [0.25, 0.3) is 5.91 Å². The minimum atomic E-state index is -3.61. The standard InChI is InChI=1S/C25H24N2O5S/c1-2-18-12-17(8-11-24(28)29)23(26-18)14-21-20-13-19(9-10-22(20)27-25(21)30)33(31,32)15-16-6-4-3-5-7-16/h3-7,9-10,12-14,26H,2,8,11,15H2,1H3,(H,27,30)(H,28,29)/b21-14-. The number of fused-ring (bicyclic) bond motifs is 1. The van der Waals surface area contributed by atoms with Gasteiger partial charge in [-0.1, -0.05) is 37.3 Å². The number of carbonyl (C=O) groups is 2. The highest BCUT2D eigenvalue weighted by atomic mass is 32.2. The monoisotopic (exact) mass is 464 g/mol. The maximum Gasteiger partial charge on any atom is 0.303 e. The molecule has 33 heavy (non-hydrogen) atoms. The Hall–Kier alpha value is -3.65. The molecule has 0 aliphatic carbocycles. The lowest BCUT2D eigenvalue weighted by Crippen LogP contribution is -2.05. The first kappa shape index (κ1) is 22.5. The number of aromatic amines is 1. The van der Waals surface area contributed by atoms with Crippen LogP contribution in [-0.2, 0) is 38.0 Å². The first-order valence-corrected chi connectivity index (χ1v) is 12.3. The Balaban J connectivity index is 1.71. The van der Waals surface area contributed by atoms with E-state index in [2.05, 4.69) is 10.3 Å². The molecule has 2 heterocycles. The minimum absolute atomic E-state index is 0.0260. The number of H-pyrrole nitrogens is 1. The van der Waals surface area contributed by atoms with Crippen molar-refractivity contribution in [1.82, 2.24) is 4.98 Å². The van der Waals surface area contributed by atoms with Crippen molar-refractivity contribution in [2.75, 3.05) is 5.32 Å². The topological polar surface area (TPSA) is 116 Å². The van der Waals surface area contributed by atoms with Gasteiger partial charge in [0.15, 0.2) is 9.84 Å². The Bertz CT molecular complexity index is 1350. The zero-order chi connectivity index (χ0) is 23.6. The molecule has 4 rings (SSSR count). The zero-order valence-electron chi connectivity index (χ0n) is 18.1. The number of amides is 1. The largest absolute Gasteiger partial charge is 0.481 e. The second-order valence-electron chi connectivity index (χ2n) is 7.94. The summed E-state index contributed by atoms with van der Waals surface area (Å²) >= 11 is 0. The highest BCUT2D eigenvalue weighted by Gasteiger charge is 2.27. The molecule has 3 N–H and O–H groups in total. The lowest BCUT2D eigenvalue weighted by molar-refractivity contribution is -0.137. The van der Waals surface area contributed by atoms with Crippen molar-refractivity contribution in [2.45, 2.75) is 36.8 Å². The Morgan fingerprint density at radius 1 is 1.09 bits per heavy atom. The summed E-state index contributed by atoms with van der Waals surface area (Å²) in [5.74, 6) is -1.37. The van der Waals surface area contributed by atoms with Gasteiger partial charge in [-0.05, 0) is 54.3 Å². The third-order valence-electron chi connectivity index (χ3n) is 5.60. The molecular formula is C25H24N2O5S. The van der Waals surface area contributed by atoms with Crippen molar-refractivity contribution < 1.29 is 23.1 Å². The van der Waals surface area contributed by atoms with E-state index in [1.165, 1.54) is 12.1 Å². The fraction of sp³-hybridized carbons (Fsp3) is 0.200. The fourth-order valence-corrected chi connectivity index (χ4v) is 5.24. The van der Waals surface area contributed by atoms with Crippen molar-refractivity contribution in [2.24, 2.45) is 0 Å². The van der Waals surface area contributed by atoms with Crippen LogP contribution in [-0.4, -0.2) is 30.4 Å². The summed E-state index contributed by atoms with van der Waals surface area (Å²) in [5.41, 5.74) is 4.46. The number of anilines is 1. The van der Waals surface area contributed by atoms with E-state index in [-0.39, 0.29) is 23.0 Å². The quantitative estimate of drug-likeness (QED) is 0.435. The average molecular weight is 465 g/mol. The number of hydrogen-bond acceptors (Lipinski definition) is 4. The first-order chi connectivity index (χ1) is 15.8. The zero-order valence-corrected chi connectivity index (χ0v) is 18.9. The number of rotatable bonds is 8. The summed E-state index contributed by atoms with van der Waals surface area (Å²) in [4.78, 5) is 27.1. The van der Waals surface area contributed by atoms with Gasteiger partial charge in [0, 0.05) is 29.1 Å². The van der Waals surface area contributed by atoms with E-state index in [1.54, 1.807) is 36.4 Å². The van der Waals surface area contributed by atoms with E-state index in [9.17, 15) is 18.0 Å². The molecule has 7 nitrogen and oxygen atoms in total. The van der Waals surface area contributed by atoms with Gasteiger partial charge in [0.1, 0.15) is 0 Å². The number of benzene rings is 2. The number of aromatic nitrogens is 1. The summed E-state index contributed by atoms with van der Waals surface area (Å²) in [6.45, 7) is 1.98. The molecule has 1 aliphatic rings. The lowest BCUT2D eigenvalue weighted by Gasteiger charge is -2.07. The average Bonchev–Trinajstić information content (AvgIpc) is 3.32. The molecule has 0 unspecified atom stereocenters. The van der Waals surface area contributed by atoms with Gasteiger partial charge in [-0.25, -0.2) is 8.42 Å². The Labute approximate surface area is 192 Å². The van der Waals surface area contributed by atoms with Crippen molar-refractivity contribution in [3.63, 3.8) is 0 Å². The molecule has 0 bridgehead atoms. The number of carbonyl (C=O) groups excluding carboxylic acids is 1. The van der Waals surface area contributed by atoms with Crippen LogP contribution in [0, 0.1) is 0 Å². The molecule has 0 saturated carbocycles. The van der Waals surface area contributed by atoms with Crippen molar-refractivity contribution in [3.8, 4) is 0 Å². The number of nitrogens with one attached hydrogen (secondary N) is 2. The molecule has 0 radical (unpaired) electrons. The number of carboxylic acids is 1. The minimum Gasteiger partial charge on any atom is -0.481 e. The van der Waals surface area contributed by atoms with E-state index in [1.807, 2.05) is 19.1 Å². The molecule has 0 atom stereocenters.